The van der Waals surface area contributed by atoms with Crippen molar-refractivity contribution in [2.75, 3.05) is 18.0 Å². The van der Waals surface area contributed by atoms with Crippen LogP contribution >= 0.6 is 0 Å². The average molecular weight is 280 g/mol. The number of nitro benzene ring substituents is 1. The molecule has 1 unspecified atom stereocenters. The lowest BCUT2D eigenvalue weighted by Gasteiger charge is -2.27. The molecule has 0 fully saturated rings. The van der Waals surface area contributed by atoms with Crippen molar-refractivity contribution >= 4 is 17.3 Å². The summed E-state index contributed by atoms with van der Waals surface area (Å²) in [5.41, 5.74) is 0.0206. The number of nitro groups is 1. The standard InChI is InChI=1S/C14H20N2O4/c1-4-10(3)9-15(5-2)13-11(14(17)18)7-6-8-12(13)16(19)20/h6-8,10H,4-5,9H2,1-3H3,(H,17,18). The number of hydrogen-bond acceptors (Lipinski definition) is 4. The second-order valence-electron chi connectivity index (χ2n) is 4.79. The predicted molar refractivity (Wildman–Crippen MR) is 77.4 cm³/mol. The van der Waals surface area contributed by atoms with Crippen LogP contribution in [0.25, 0.3) is 0 Å². The molecule has 1 aromatic carbocycles. The van der Waals surface area contributed by atoms with Gasteiger partial charge in [0.25, 0.3) is 5.69 Å². The summed E-state index contributed by atoms with van der Waals surface area (Å²) in [6.07, 6.45) is 0.930. The minimum atomic E-state index is -1.15. The third-order valence-corrected chi connectivity index (χ3v) is 3.37. The largest absolute Gasteiger partial charge is 0.478 e. The molecule has 0 amide bonds. The fraction of sp³-hybridized carbons (Fsp3) is 0.500. The van der Waals surface area contributed by atoms with E-state index >= 15 is 0 Å². The second kappa shape index (κ2) is 6.88. The minimum absolute atomic E-state index is 0.0237. The van der Waals surface area contributed by atoms with Gasteiger partial charge in [0.1, 0.15) is 5.69 Å². The van der Waals surface area contributed by atoms with Gasteiger partial charge in [-0.15, -0.1) is 0 Å². The lowest BCUT2D eigenvalue weighted by Crippen LogP contribution is -2.30. The molecule has 1 aromatic rings. The Balaban J connectivity index is 3.36. The molecular weight excluding hydrogens is 260 g/mol. The number of para-hydroxylation sites is 1. The summed E-state index contributed by atoms with van der Waals surface area (Å²) in [5, 5.41) is 20.4. The number of nitrogens with zero attached hydrogens (tertiary/aromatic N) is 2. The first-order valence-electron chi connectivity index (χ1n) is 6.67. The van der Waals surface area contributed by atoms with Gasteiger partial charge in [-0.3, -0.25) is 10.1 Å². The normalized spacial score (nSPS) is 11.9. The highest BCUT2D eigenvalue weighted by Crippen LogP contribution is 2.32. The quantitative estimate of drug-likeness (QED) is 0.612. The van der Waals surface area contributed by atoms with E-state index in [1.165, 1.54) is 18.2 Å². The summed E-state index contributed by atoms with van der Waals surface area (Å²) < 4.78 is 0. The molecule has 0 spiro atoms. The maximum Gasteiger partial charge on any atom is 0.338 e. The topological polar surface area (TPSA) is 83.7 Å². The Labute approximate surface area is 118 Å². The zero-order chi connectivity index (χ0) is 15.3. The molecule has 6 heteroatoms. The van der Waals surface area contributed by atoms with Gasteiger partial charge in [-0.05, 0) is 18.9 Å². The van der Waals surface area contributed by atoms with E-state index in [4.69, 9.17) is 0 Å². The van der Waals surface area contributed by atoms with Crippen molar-refractivity contribution in [3.05, 3.63) is 33.9 Å². The molecule has 20 heavy (non-hydrogen) atoms. The number of carboxylic acid groups (broad SMARTS) is 1. The highest BCUT2D eigenvalue weighted by molar-refractivity contribution is 5.97. The van der Waals surface area contributed by atoms with E-state index in [1.807, 2.05) is 20.8 Å². The van der Waals surface area contributed by atoms with Crippen LogP contribution < -0.4 is 4.90 Å². The Morgan fingerprint density at radius 3 is 2.55 bits per heavy atom. The second-order valence-corrected chi connectivity index (χ2v) is 4.79. The number of carbonyl (C=O) groups is 1. The lowest BCUT2D eigenvalue weighted by atomic mass is 10.1. The average Bonchev–Trinajstić information content (AvgIpc) is 2.43. The Hall–Kier alpha value is -2.11. The van der Waals surface area contributed by atoms with Crippen LogP contribution in [0.4, 0.5) is 11.4 Å². The molecule has 1 N–H and O–H groups in total. The highest BCUT2D eigenvalue weighted by atomic mass is 16.6. The first-order valence-corrected chi connectivity index (χ1v) is 6.67. The molecular formula is C14H20N2O4. The summed E-state index contributed by atoms with van der Waals surface area (Å²) in [6, 6.07) is 4.16. The van der Waals surface area contributed by atoms with Crippen LogP contribution in [0.2, 0.25) is 0 Å². The molecule has 0 aliphatic heterocycles. The summed E-state index contributed by atoms with van der Waals surface area (Å²) in [5.74, 6) is -0.817. The van der Waals surface area contributed by atoms with Crippen LogP contribution in [-0.4, -0.2) is 29.1 Å². The van der Waals surface area contributed by atoms with Crippen LogP contribution in [0.1, 0.15) is 37.6 Å². The molecule has 0 heterocycles. The maximum atomic E-state index is 11.3. The van der Waals surface area contributed by atoms with E-state index in [-0.39, 0.29) is 16.9 Å². The van der Waals surface area contributed by atoms with Gasteiger partial charge >= 0.3 is 5.97 Å². The van der Waals surface area contributed by atoms with Crippen LogP contribution in [0.3, 0.4) is 0 Å². The monoisotopic (exact) mass is 280 g/mol. The molecule has 1 rings (SSSR count). The third-order valence-electron chi connectivity index (χ3n) is 3.37. The number of hydrogen-bond donors (Lipinski definition) is 1. The summed E-state index contributed by atoms with van der Waals surface area (Å²) >= 11 is 0. The number of anilines is 1. The van der Waals surface area contributed by atoms with Gasteiger partial charge in [0.05, 0.1) is 10.5 Å². The molecule has 0 aliphatic carbocycles. The highest BCUT2D eigenvalue weighted by Gasteiger charge is 2.26. The van der Waals surface area contributed by atoms with Gasteiger partial charge in [0.15, 0.2) is 0 Å². The van der Waals surface area contributed by atoms with E-state index < -0.39 is 10.9 Å². The van der Waals surface area contributed by atoms with Crippen molar-refractivity contribution in [3.63, 3.8) is 0 Å². The Morgan fingerprint density at radius 2 is 2.10 bits per heavy atom. The van der Waals surface area contributed by atoms with Crippen molar-refractivity contribution in [2.24, 2.45) is 5.92 Å². The summed E-state index contributed by atoms with van der Waals surface area (Å²) in [4.78, 5) is 23.7. The zero-order valence-corrected chi connectivity index (χ0v) is 12.0. The minimum Gasteiger partial charge on any atom is -0.478 e. The van der Waals surface area contributed by atoms with E-state index in [0.717, 1.165) is 6.42 Å². The first kappa shape index (κ1) is 15.9. The fourth-order valence-electron chi connectivity index (χ4n) is 2.07. The summed E-state index contributed by atoms with van der Waals surface area (Å²) in [7, 11) is 0. The van der Waals surface area contributed by atoms with Gasteiger partial charge in [-0.25, -0.2) is 4.79 Å². The van der Waals surface area contributed by atoms with Gasteiger partial charge in [-0.1, -0.05) is 26.3 Å². The lowest BCUT2D eigenvalue weighted by molar-refractivity contribution is -0.384. The fourth-order valence-corrected chi connectivity index (χ4v) is 2.07. The van der Waals surface area contributed by atoms with Crippen LogP contribution in [0.15, 0.2) is 18.2 Å². The Bertz CT molecular complexity index is 470. The third kappa shape index (κ3) is 3.46. The van der Waals surface area contributed by atoms with E-state index in [0.29, 0.717) is 19.0 Å². The van der Waals surface area contributed by atoms with Crippen LogP contribution in [0, 0.1) is 16.0 Å². The summed E-state index contributed by atoms with van der Waals surface area (Å²) in [6.45, 7) is 7.06. The molecule has 0 radical (unpaired) electrons. The number of aromatic carboxylic acids is 1. The Morgan fingerprint density at radius 1 is 1.45 bits per heavy atom. The maximum absolute atomic E-state index is 11.3. The van der Waals surface area contributed by atoms with Crippen molar-refractivity contribution in [1.82, 2.24) is 0 Å². The molecule has 0 saturated carbocycles. The van der Waals surface area contributed by atoms with Gasteiger partial charge in [0, 0.05) is 19.2 Å². The van der Waals surface area contributed by atoms with E-state index in [2.05, 4.69) is 0 Å². The van der Waals surface area contributed by atoms with Crippen molar-refractivity contribution in [3.8, 4) is 0 Å². The molecule has 0 bridgehead atoms. The Kier molecular flexibility index (Phi) is 5.49. The molecule has 6 nitrogen and oxygen atoms in total. The SMILES string of the molecule is CCC(C)CN(CC)c1c(C(=O)O)cccc1[N+](=O)[O-]. The first-order chi connectivity index (χ1) is 9.42. The van der Waals surface area contributed by atoms with E-state index in [9.17, 15) is 20.0 Å². The van der Waals surface area contributed by atoms with Gasteiger partial charge < -0.3 is 10.0 Å². The van der Waals surface area contributed by atoms with Crippen molar-refractivity contribution < 1.29 is 14.8 Å². The van der Waals surface area contributed by atoms with Crippen LogP contribution in [-0.2, 0) is 0 Å². The number of benzene rings is 1. The van der Waals surface area contributed by atoms with Crippen LogP contribution in [0.5, 0.6) is 0 Å². The molecule has 1 atom stereocenters. The molecule has 0 saturated heterocycles. The van der Waals surface area contributed by atoms with Gasteiger partial charge in [-0.2, -0.15) is 0 Å². The molecule has 110 valence electrons. The molecule has 0 aliphatic rings. The zero-order valence-electron chi connectivity index (χ0n) is 12.0. The predicted octanol–water partition coefficient (Wildman–Crippen LogP) is 3.17. The van der Waals surface area contributed by atoms with Crippen molar-refractivity contribution in [2.45, 2.75) is 27.2 Å². The van der Waals surface area contributed by atoms with E-state index in [1.54, 1.807) is 4.90 Å². The number of rotatable bonds is 7. The molecule has 0 aromatic heterocycles. The van der Waals surface area contributed by atoms with Crippen molar-refractivity contribution in [1.29, 1.82) is 0 Å². The number of carboxylic acids is 1. The van der Waals surface area contributed by atoms with Gasteiger partial charge in [0.2, 0.25) is 0 Å². The smallest absolute Gasteiger partial charge is 0.338 e.